The van der Waals surface area contributed by atoms with Crippen LogP contribution >= 0.6 is 15.9 Å². The predicted octanol–water partition coefficient (Wildman–Crippen LogP) is 3.65. The number of hydrogen-bond acceptors (Lipinski definition) is 2. The number of likely N-dealkylation sites (tertiary alicyclic amines) is 1. The van der Waals surface area contributed by atoms with Crippen molar-refractivity contribution >= 4 is 21.8 Å². The molecule has 0 atom stereocenters. The van der Waals surface area contributed by atoms with E-state index in [4.69, 9.17) is 4.74 Å². The number of benzene rings is 1. The Kier molecular flexibility index (Phi) is 5.46. The number of aryl methyl sites for hydroxylation is 1. The number of rotatable bonds is 4. The summed E-state index contributed by atoms with van der Waals surface area (Å²) in [5.41, 5.74) is 1.16. The number of ether oxygens (including phenoxy) is 1. The topological polar surface area (TPSA) is 29.5 Å². The standard InChI is InChI=1S/C16H22BrNO2/c1-12-7-9-18(10-8-12)16(19)6-4-13-3-5-15(20-2)14(17)11-13/h3,5,11-12H,4,6-10H2,1-2H3. The summed E-state index contributed by atoms with van der Waals surface area (Å²) in [6.07, 6.45) is 3.65. The molecule has 0 saturated carbocycles. The molecule has 1 aliphatic rings. The van der Waals surface area contributed by atoms with Gasteiger partial charge in [-0.05, 0) is 58.8 Å². The first-order chi connectivity index (χ1) is 9.60. The smallest absolute Gasteiger partial charge is 0.222 e. The van der Waals surface area contributed by atoms with Crippen molar-refractivity contribution in [2.45, 2.75) is 32.6 Å². The number of nitrogens with zero attached hydrogens (tertiary/aromatic N) is 1. The summed E-state index contributed by atoms with van der Waals surface area (Å²) >= 11 is 3.48. The summed E-state index contributed by atoms with van der Waals surface area (Å²) in [5.74, 6) is 1.87. The highest BCUT2D eigenvalue weighted by Gasteiger charge is 2.19. The van der Waals surface area contributed by atoms with Gasteiger partial charge in [0, 0.05) is 19.5 Å². The van der Waals surface area contributed by atoms with E-state index >= 15 is 0 Å². The molecule has 1 heterocycles. The lowest BCUT2D eigenvalue weighted by Crippen LogP contribution is -2.37. The van der Waals surface area contributed by atoms with Gasteiger partial charge < -0.3 is 9.64 Å². The van der Waals surface area contributed by atoms with Gasteiger partial charge in [0.1, 0.15) is 5.75 Å². The van der Waals surface area contributed by atoms with E-state index in [1.807, 2.05) is 23.1 Å². The minimum absolute atomic E-state index is 0.281. The summed E-state index contributed by atoms with van der Waals surface area (Å²) in [6, 6.07) is 5.99. The average Bonchev–Trinajstić information content (AvgIpc) is 2.45. The lowest BCUT2D eigenvalue weighted by atomic mass is 9.98. The van der Waals surface area contributed by atoms with Crippen LogP contribution in [0.1, 0.15) is 31.7 Å². The Morgan fingerprint density at radius 2 is 2.10 bits per heavy atom. The van der Waals surface area contributed by atoms with Crippen LogP contribution in [0.4, 0.5) is 0 Å². The molecule has 1 aromatic carbocycles. The molecule has 4 heteroatoms. The molecule has 0 aliphatic carbocycles. The first-order valence-electron chi connectivity index (χ1n) is 7.20. The number of carbonyl (C=O) groups is 1. The minimum Gasteiger partial charge on any atom is -0.496 e. The average molecular weight is 340 g/mol. The molecule has 1 saturated heterocycles. The summed E-state index contributed by atoms with van der Waals surface area (Å²) in [5, 5.41) is 0. The van der Waals surface area contributed by atoms with Crippen LogP contribution in [0.3, 0.4) is 0 Å². The van der Waals surface area contributed by atoms with E-state index in [1.54, 1.807) is 7.11 Å². The molecule has 1 fully saturated rings. The molecule has 0 N–H and O–H groups in total. The Labute approximate surface area is 129 Å². The maximum absolute atomic E-state index is 12.2. The molecule has 20 heavy (non-hydrogen) atoms. The van der Waals surface area contributed by atoms with E-state index in [9.17, 15) is 4.79 Å². The van der Waals surface area contributed by atoms with Crippen molar-refractivity contribution in [3.8, 4) is 5.75 Å². The van der Waals surface area contributed by atoms with Crippen LogP contribution in [-0.4, -0.2) is 31.0 Å². The molecule has 2 rings (SSSR count). The molecule has 0 aromatic heterocycles. The first kappa shape index (κ1) is 15.4. The Hall–Kier alpha value is -1.03. The predicted molar refractivity (Wildman–Crippen MR) is 84.0 cm³/mol. The third kappa shape index (κ3) is 3.98. The maximum atomic E-state index is 12.2. The third-order valence-electron chi connectivity index (χ3n) is 3.98. The van der Waals surface area contributed by atoms with Crippen LogP contribution in [0, 0.1) is 5.92 Å². The fourth-order valence-electron chi connectivity index (χ4n) is 2.53. The fourth-order valence-corrected chi connectivity index (χ4v) is 3.12. The number of carbonyl (C=O) groups excluding carboxylic acids is 1. The second kappa shape index (κ2) is 7.11. The molecule has 0 radical (unpaired) electrons. The van der Waals surface area contributed by atoms with Gasteiger partial charge in [-0.3, -0.25) is 4.79 Å². The van der Waals surface area contributed by atoms with Gasteiger partial charge in [-0.15, -0.1) is 0 Å². The van der Waals surface area contributed by atoms with Crippen molar-refractivity contribution < 1.29 is 9.53 Å². The normalized spacial score (nSPS) is 16.2. The van der Waals surface area contributed by atoms with E-state index < -0.39 is 0 Å². The van der Waals surface area contributed by atoms with Crippen LogP contribution in [0.25, 0.3) is 0 Å². The molecule has 1 aromatic rings. The Balaban J connectivity index is 1.85. The fraction of sp³-hybridized carbons (Fsp3) is 0.562. The zero-order valence-corrected chi connectivity index (χ0v) is 13.8. The van der Waals surface area contributed by atoms with Gasteiger partial charge in [0.15, 0.2) is 0 Å². The Bertz CT molecular complexity index is 468. The molecular formula is C16H22BrNO2. The molecule has 3 nitrogen and oxygen atoms in total. The van der Waals surface area contributed by atoms with E-state index in [0.717, 1.165) is 54.1 Å². The van der Waals surface area contributed by atoms with Crippen molar-refractivity contribution in [1.82, 2.24) is 4.90 Å². The SMILES string of the molecule is COc1ccc(CCC(=O)N2CCC(C)CC2)cc1Br. The van der Waals surface area contributed by atoms with Gasteiger partial charge in [0.2, 0.25) is 5.91 Å². The van der Waals surface area contributed by atoms with Gasteiger partial charge in [-0.2, -0.15) is 0 Å². The van der Waals surface area contributed by atoms with Crippen LogP contribution in [0.2, 0.25) is 0 Å². The number of piperidine rings is 1. The highest BCUT2D eigenvalue weighted by molar-refractivity contribution is 9.10. The summed E-state index contributed by atoms with van der Waals surface area (Å²) in [6.45, 7) is 4.11. The van der Waals surface area contributed by atoms with Crippen molar-refractivity contribution in [1.29, 1.82) is 0 Å². The second-order valence-electron chi connectivity index (χ2n) is 5.53. The van der Waals surface area contributed by atoms with Gasteiger partial charge in [0.05, 0.1) is 11.6 Å². The first-order valence-corrected chi connectivity index (χ1v) is 7.99. The molecular weight excluding hydrogens is 318 g/mol. The van der Waals surface area contributed by atoms with E-state index in [0.29, 0.717) is 6.42 Å². The largest absolute Gasteiger partial charge is 0.496 e. The van der Waals surface area contributed by atoms with E-state index in [2.05, 4.69) is 22.9 Å². The Morgan fingerprint density at radius 1 is 1.40 bits per heavy atom. The molecule has 0 bridgehead atoms. The third-order valence-corrected chi connectivity index (χ3v) is 4.60. The van der Waals surface area contributed by atoms with Crippen LogP contribution in [-0.2, 0) is 11.2 Å². The lowest BCUT2D eigenvalue weighted by Gasteiger charge is -2.30. The van der Waals surface area contributed by atoms with Crippen LogP contribution in [0.5, 0.6) is 5.75 Å². The monoisotopic (exact) mass is 339 g/mol. The molecule has 110 valence electrons. The lowest BCUT2D eigenvalue weighted by molar-refractivity contribution is -0.132. The number of hydrogen-bond donors (Lipinski definition) is 0. The quantitative estimate of drug-likeness (QED) is 0.837. The molecule has 1 amide bonds. The number of methoxy groups -OCH3 is 1. The highest BCUT2D eigenvalue weighted by atomic mass is 79.9. The molecule has 0 spiro atoms. The summed E-state index contributed by atoms with van der Waals surface area (Å²) < 4.78 is 6.15. The van der Waals surface area contributed by atoms with E-state index in [-0.39, 0.29) is 5.91 Å². The minimum atomic E-state index is 0.281. The van der Waals surface area contributed by atoms with Crippen molar-refractivity contribution in [2.75, 3.05) is 20.2 Å². The molecule has 0 unspecified atom stereocenters. The van der Waals surface area contributed by atoms with Gasteiger partial charge >= 0.3 is 0 Å². The highest BCUT2D eigenvalue weighted by Crippen LogP contribution is 2.26. The summed E-state index contributed by atoms with van der Waals surface area (Å²) in [7, 11) is 1.65. The number of amides is 1. The van der Waals surface area contributed by atoms with Gasteiger partial charge in [0.25, 0.3) is 0 Å². The van der Waals surface area contributed by atoms with E-state index in [1.165, 1.54) is 0 Å². The van der Waals surface area contributed by atoms with Crippen molar-refractivity contribution in [3.63, 3.8) is 0 Å². The maximum Gasteiger partial charge on any atom is 0.222 e. The zero-order valence-electron chi connectivity index (χ0n) is 12.2. The van der Waals surface area contributed by atoms with Gasteiger partial charge in [-0.25, -0.2) is 0 Å². The van der Waals surface area contributed by atoms with Crippen LogP contribution < -0.4 is 4.74 Å². The number of halogens is 1. The zero-order chi connectivity index (χ0) is 14.5. The molecule has 1 aliphatic heterocycles. The Morgan fingerprint density at radius 3 is 2.70 bits per heavy atom. The van der Waals surface area contributed by atoms with Crippen molar-refractivity contribution in [2.24, 2.45) is 5.92 Å². The van der Waals surface area contributed by atoms with Crippen molar-refractivity contribution in [3.05, 3.63) is 28.2 Å². The van der Waals surface area contributed by atoms with Crippen LogP contribution in [0.15, 0.2) is 22.7 Å². The second-order valence-corrected chi connectivity index (χ2v) is 6.39. The summed E-state index contributed by atoms with van der Waals surface area (Å²) in [4.78, 5) is 14.2. The van der Waals surface area contributed by atoms with Gasteiger partial charge in [-0.1, -0.05) is 13.0 Å².